The first-order chi connectivity index (χ1) is 9.56. The van der Waals surface area contributed by atoms with E-state index in [4.69, 9.17) is 9.47 Å². The lowest BCUT2D eigenvalue weighted by molar-refractivity contribution is -0.130. The molecule has 0 radical (unpaired) electrons. The lowest BCUT2D eigenvalue weighted by atomic mass is 10.2. The fourth-order valence-corrected chi connectivity index (χ4v) is 2.09. The molecular weight excluding hydrogens is 261 g/mol. The third-order valence-electron chi connectivity index (χ3n) is 3.05. The molecule has 0 bridgehead atoms. The number of benzene rings is 1. The monoisotopic (exact) mass is 281 g/mol. The molecular formula is C15H20FNO3. The van der Waals surface area contributed by atoms with Crippen molar-refractivity contribution in [2.24, 2.45) is 0 Å². The van der Waals surface area contributed by atoms with E-state index in [1.54, 1.807) is 12.1 Å². The Morgan fingerprint density at radius 1 is 1.55 bits per heavy atom. The third kappa shape index (κ3) is 3.93. The molecule has 110 valence electrons. The zero-order valence-corrected chi connectivity index (χ0v) is 11.8. The van der Waals surface area contributed by atoms with Gasteiger partial charge < -0.3 is 14.8 Å². The zero-order valence-electron chi connectivity index (χ0n) is 11.8. The maximum Gasteiger partial charge on any atom is 0.249 e. The van der Waals surface area contributed by atoms with E-state index in [0.717, 1.165) is 12.8 Å². The first-order valence-electron chi connectivity index (χ1n) is 6.90. The Hall–Kier alpha value is -1.62. The summed E-state index contributed by atoms with van der Waals surface area (Å²) in [5.41, 5.74) is 0.699. The lowest BCUT2D eigenvalue weighted by Gasteiger charge is -2.13. The molecule has 0 spiro atoms. The molecule has 5 heteroatoms. The maximum absolute atomic E-state index is 13.8. The van der Waals surface area contributed by atoms with Crippen LogP contribution in [0.5, 0.6) is 5.75 Å². The second kappa shape index (κ2) is 6.70. The first-order valence-corrected chi connectivity index (χ1v) is 6.90. The summed E-state index contributed by atoms with van der Waals surface area (Å²) in [6, 6.07) is 4.72. The molecule has 1 N–H and O–H groups in total. The van der Waals surface area contributed by atoms with Gasteiger partial charge in [0, 0.05) is 13.2 Å². The number of amides is 1. The Kier molecular flexibility index (Phi) is 4.95. The highest BCUT2D eigenvalue weighted by Crippen LogP contribution is 2.19. The minimum absolute atomic E-state index is 0.0745. The molecule has 1 heterocycles. The molecule has 1 aromatic carbocycles. The highest BCUT2D eigenvalue weighted by molar-refractivity contribution is 5.80. The van der Waals surface area contributed by atoms with Crippen LogP contribution in [0.1, 0.15) is 32.3 Å². The van der Waals surface area contributed by atoms with E-state index in [-0.39, 0.29) is 30.4 Å². The number of hydrogen-bond acceptors (Lipinski definition) is 3. The summed E-state index contributed by atoms with van der Waals surface area (Å²) in [6.07, 6.45) is 1.23. The molecule has 0 aliphatic carbocycles. The van der Waals surface area contributed by atoms with Crippen molar-refractivity contribution in [3.63, 3.8) is 0 Å². The van der Waals surface area contributed by atoms with Gasteiger partial charge in [-0.3, -0.25) is 4.79 Å². The standard InChI is InChI=1S/C15H20FNO3/c1-10(2)20-13-6-5-11(8-12(13)16)9-17-15(18)14-4-3-7-19-14/h5-6,8,10,14H,3-4,7,9H2,1-2H3,(H,17,18). The second-order valence-electron chi connectivity index (χ2n) is 5.15. The van der Waals surface area contributed by atoms with Crippen molar-refractivity contribution < 1.29 is 18.7 Å². The third-order valence-corrected chi connectivity index (χ3v) is 3.05. The maximum atomic E-state index is 13.8. The van der Waals surface area contributed by atoms with Gasteiger partial charge in [-0.15, -0.1) is 0 Å². The van der Waals surface area contributed by atoms with E-state index in [1.165, 1.54) is 6.07 Å². The fourth-order valence-electron chi connectivity index (χ4n) is 2.09. The van der Waals surface area contributed by atoms with E-state index in [2.05, 4.69) is 5.32 Å². The largest absolute Gasteiger partial charge is 0.488 e. The first kappa shape index (κ1) is 14.8. The second-order valence-corrected chi connectivity index (χ2v) is 5.15. The summed E-state index contributed by atoms with van der Waals surface area (Å²) < 4.78 is 24.4. The van der Waals surface area contributed by atoms with Crippen molar-refractivity contribution in [1.29, 1.82) is 0 Å². The number of carbonyl (C=O) groups is 1. The molecule has 20 heavy (non-hydrogen) atoms. The van der Waals surface area contributed by atoms with Crippen LogP contribution in [0.2, 0.25) is 0 Å². The number of ether oxygens (including phenoxy) is 2. The lowest BCUT2D eigenvalue weighted by Crippen LogP contribution is -2.33. The normalized spacial score (nSPS) is 18.3. The number of rotatable bonds is 5. The summed E-state index contributed by atoms with van der Waals surface area (Å²) in [5, 5.41) is 2.76. The summed E-state index contributed by atoms with van der Waals surface area (Å²) in [6.45, 7) is 4.61. The van der Waals surface area contributed by atoms with Crippen LogP contribution < -0.4 is 10.1 Å². The summed E-state index contributed by atoms with van der Waals surface area (Å²) in [5.74, 6) is -0.317. The Morgan fingerprint density at radius 3 is 2.95 bits per heavy atom. The van der Waals surface area contributed by atoms with Gasteiger partial charge in [0.15, 0.2) is 11.6 Å². The molecule has 1 saturated heterocycles. The molecule has 0 aromatic heterocycles. The van der Waals surface area contributed by atoms with Crippen molar-refractivity contribution >= 4 is 5.91 Å². The topological polar surface area (TPSA) is 47.6 Å². The quantitative estimate of drug-likeness (QED) is 0.901. The van der Waals surface area contributed by atoms with Crippen LogP contribution in [0.3, 0.4) is 0 Å². The van der Waals surface area contributed by atoms with Crippen LogP contribution >= 0.6 is 0 Å². The smallest absolute Gasteiger partial charge is 0.249 e. The van der Waals surface area contributed by atoms with Gasteiger partial charge in [0.05, 0.1) is 6.10 Å². The Balaban J connectivity index is 1.89. The molecule has 1 aromatic rings. The Bertz CT molecular complexity index is 470. The van der Waals surface area contributed by atoms with Crippen molar-refractivity contribution in [3.8, 4) is 5.75 Å². The van der Waals surface area contributed by atoms with Gasteiger partial charge in [0.25, 0.3) is 0 Å². The predicted molar refractivity (Wildman–Crippen MR) is 73.0 cm³/mol. The molecule has 1 fully saturated rings. The molecule has 1 amide bonds. The van der Waals surface area contributed by atoms with Crippen molar-refractivity contribution in [2.45, 2.75) is 45.4 Å². The van der Waals surface area contributed by atoms with Crippen LogP contribution in [0.25, 0.3) is 0 Å². The van der Waals surface area contributed by atoms with Gasteiger partial charge in [0.1, 0.15) is 6.10 Å². The van der Waals surface area contributed by atoms with E-state index in [0.29, 0.717) is 12.2 Å². The number of halogens is 1. The number of hydrogen-bond donors (Lipinski definition) is 1. The minimum atomic E-state index is -0.414. The van der Waals surface area contributed by atoms with Gasteiger partial charge in [-0.05, 0) is 44.4 Å². The average molecular weight is 281 g/mol. The van der Waals surface area contributed by atoms with E-state index in [9.17, 15) is 9.18 Å². The molecule has 1 unspecified atom stereocenters. The molecule has 4 nitrogen and oxygen atoms in total. The number of carbonyl (C=O) groups excluding carboxylic acids is 1. The van der Waals surface area contributed by atoms with E-state index >= 15 is 0 Å². The molecule has 2 rings (SSSR count). The molecule has 1 aliphatic rings. The molecule has 1 atom stereocenters. The van der Waals surface area contributed by atoms with E-state index < -0.39 is 5.82 Å². The Morgan fingerprint density at radius 2 is 2.35 bits per heavy atom. The molecule has 0 saturated carbocycles. The average Bonchev–Trinajstić information content (AvgIpc) is 2.92. The highest BCUT2D eigenvalue weighted by Gasteiger charge is 2.23. The highest BCUT2D eigenvalue weighted by atomic mass is 19.1. The Labute approximate surface area is 118 Å². The van der Waals surface area contributed by atoms with Gasteiger partial charge in [-0.1, -0.05) is 6.07 Å². The van der Waals surface area contributed by atoms with Crippen LogP contribution in [-0.4, -0.2) is 24.7 Å². The van der Waals surface area contributed by atoms with Gasteiger partial charge in [-0.25, -0.2) is 4.39 Å². The van der Waals surface area contributed by atoms with Gasteiger partial charge in [0.2, 0.25) is 5.91 Å². The summed E-state index contributed by atoms with van der Waals surface area (Å²) >= 11 is 0. The fraction of sp³-hybridized carbons (Fsp3) is 0.533. The predicted octanol–water partition coefficient (Wildman–Crippen LogP) is 2.41. The number of nitrogens with one attached hydrogen (secondary N) is 1. The van der Waals surface area contributed by atoms with Gasteiger partial charge in [-0.2, -0.15) is 0 Å². The van der Waals surface area contributed by atoms with Crippen LogP contribution in [0.4, 0.5) is 4.39 Å². The van der Waals surface area contributed by atoms with Crippen LogP contribution in [0.15, 0.2) is 18.2 Å². The minimum Gasteiger partial charge on any atom is -0.488 e. The zero-order chi connectivity index (χ0) is 14.5. The van der Waals surface area contributed by atoms with Crippen LogP contribution in [-0.2, 0) is 16.1 Å². The van der Waals surface area contributed by atoms with E-state index in [1.807, 2.05) is 13.8 Å². The van der Waals surface area contributed by atoms with Crippen LogP contribution in [0, 0.1) is 5.82 Å². The summed E-state index contributed by atoms with van der Waals surface area (Å²) in [4.78, 5) is 11.8. The van der Waals surface area contributed by atoms with Crippen molar-refractivity contribution in [3.05, 3.63) is 29.6 Å². The molecule has 1 aliphatic heterocycles. The summed E-state index contributed by atoms with van der Waals surface area (Å²) in [7, 11) is 0. The SMILES string of the molecule is CC(C)Oc1ccc(CNC(=O)C2CCCO2)cc1F. The van der Waals surface area contributed by atoms with Crippen molar-refractivity contribution in [2.75, 3.05) is 6.61 Å². The van der Waals surface area contributed by atoms with Gasteiger partial charge >= 0.3 is 0 Å². The van der Waals surface area contributed by atoms with Crippen molar-refractivity contribution in [1.82, 2.24) is 5.32 Å².